The first-order valence-electron chi connectivity index (χ1n) is 8.02. The highest BCUT2D eigenvalue weighted by Crippen LogP contribution is 2.36. The molecule has 0 spiro atoms. The van der Waals surface area contributed by atoms with Gasteiger partial charge < -0.3 is 10.4 Å². The molecule has 1 aromatic rings. The fourth-order valence-corrected chi connectivity index (χ4v) is 3.29. The van der Waals surface area contributed by atoms with Crippen LogP contribution in [0.5, 0.6) is 0 Å². The molecule has 4 nitrogen and oxygen atoms in total. The third kappa shape index (κ3) is 4.08. The molecule has 134 valence electrons. The summed E-state index contributed by atoms with van der Waals surface area (Å²) in [5.41, 5.74) is -0.429. The number of benzene rings is 1. The van der Waals surface area contributed by atoms with E-state index < -0.39 is 36.2 Å². The molecule has 24 heavy (non-hydrogen) atoms. The van der Waals surface area contributed by atoms with Crippen LogP contribution in [0.2, 0.25) is 0 Å². The van der Waals surface area contributed by atoms with Crippen LogP contribution < -0.4 is 10.6 Å². The van der Waals surface area contributed by atoms with Gasteiger partial charge in [-0.3, -0.25) is 10.1 Å². The van der Waals surface area contributed by atoms with E-state index in [-0.39, 0.29) is 12.8 Å². The molecule has 0 radical (unpaired) electrons. The summed E-state index contributed by atoms with van der Waals surface area (Å²) in [5, 5.41) is 14.7. The van der Waals surface area contributed by atoms with Gasteiger partial charge in [0.1, 0.15) is 12.3 Å². The van der Waals surface area contributed by atoms with E-state index in [1.165, 1.54) is 7.05 Å². The van der Waals surface area contributed by atoms with Gasteiger partial charge in [-0.25, -0.2) is 13.2 Å². The number of halogens is 3. The summed E-state index contributed by atoms with van der Waals surface area (Å²) < 4.78 is 40.7. The monoisotopic (exact) mass is 344 g/mol. The van der Waals surface area contributed by atoms with E-state index in [2.05, 4.69) is 10.6 Å². The summed E-state index contributed by atoms with van der Waals surface area (Å²) in [6.07, 6.45) is -5.62. The first-order chi connectivity index (χ1) is 11.4. The lowest BCUT2D eigenvalue weighted by atomic mass is 9.84. The molecule has 0 aromatic heterocycles. The number of rotatable bonds is 7. The predicted octanol–water partition coefficient (Wildman–Crippen LogP) is 1.82. The second kappa shape index (κ2) is 7.98. The van der Waals surface area contributed by atoms with Crippen LogP contribution in [0.15, 0.2) is 30.3 Å². The summed E-state index contributed by atoms with van der Waals surface area (Å²) in [6.45, 7) is 0. The van der Waals surface area contributed by atoms with Gasteiger partial charge in [0.05, 0.1) is 11.6 Å². The molecule has 0 aliphatic carbocycles. The number of aliphatic hydroxyl groups excluding tert-OH is 1. The Morgan fingerprint density at radius 3 is 2.58 bits per heavy atom. The van der Waals surface area contributed by atoms with E-state index in [0.29, 0.717) is 12.8 Å². The normalized spacial score (nSPS) is 29.8. The minimum absolute atomic E-state index is 0.177. The van der Waals surface area contributed by atoms with Crippen molar-refractivity contribution >= 4 is 5.91 Å². The van der Waals surface area contributed by atoms with Crippen molar-refractivity contribution in [3.8, 4) is 0 Å². The molecule has 1 fully saturated rings. The minimum atomic E-state index is -2.90. The molecule has 1 aliphatic heterocycles. The first kappa shape index (κ1) is 18.7. The van der Waals surface area contributed by atoms with Crippen LogP contribution in [0, 0.1) is 0 Å². The van der Waals surface area contributed by atoms with Gasteiger partial charge in [0.2, 0.25) is 5.91 Å². The van der Waals surface area contributed by atoms with Crippen molar-refractivity contribution in [1.29, 1.82) is 0 Å². The zero-order valence-corrected chi connectivity index (χ0v) is 13.5. The molecule has 7 heteroatoms. The largest absolute Gasteiger partial charge is 0.388 e. The van der Waals surface area contributed by atoms with E-state index in [0.717, 1.165) is 5.56 Å². The Morgan fingerprint density at radius 1 is 1.38 bits per heavy atom. The zero-order chi connectivity index (χ0) is 17.7. The molecule has 0 bridgehead atoms. The predicted molar refractivity (Wildman–Crippen MR) is 84.6 cm³/mol. The molecule has 0 unspecified atom stereocenters. The number of carbonyl (C=O) groups is 1. The minimum Gasteiger partial charge on any atom is -0.388 e. The van der Waals surface area contributed by atoms with Gasteiger partial charge >= 0.3 is 0 Å². The SMILES string of the molecule is CNC(=O)C[C@@]1(CCCc2ccccc2)N[C@H](C(F)F)[C@@H](O)[C@H]1F. The highest BCUT2D eigenvalue weighted by Gasteiger charge is 2.56. The highest BCUT2D eigenvalue weighted by atomic mass is 19.3. The molecular formula is C17H23F3N2O2. The van der Waals surface area contributed by atoms with Crippen LogP contribution in [0.25, 0.3) is 0 Å². The highest BCUT2D eigenvalue weighted by molar-refractivity contribution is 5.77. The van der Waals surface area contributed by atoms with Crippen LogP contribution in [-0.4, -0.2) is 48.3 Å². The Kier molecular flexibility index (Phi) is 6.23. The lowest BCUT2D eigenvalue weighted by Gasteiger charge is -2.31. The molecule has 1 heterocycles. The quantitative estimate of drug-likeness (QED) is 0.707. The van der Waals surface area contributed by atoms with Gasteiger partial charge in [-0.05, 0) is 24.8 Å². The van der Waals surface area contributed by atoms with Crippen molar-refractivity contribution in [3.63, 3.8) is 0 Å². The van der Waals surface area contributed by atoms with Crippen molar-refractivity contribution < 1.29 is 23.1 Å². The molecule has 1 aromatic carbocycles. The maximum Gasteiger partial charge on any atom is 0.256 e. The van der Waals surface area contributed by atoms with Crippen molar-refractivity contribution in [2.45, 2.75) is 56.0 Å². The number of amides is 1. The maximum atomic E-state index is 14.6. The molecule has 4 atom stereocenters. The van der Waals surface area contributed by atoms with Crippen molar-refractivity contribution in [1.82, 2.24) is 10.6 Å². The van der Waals surface area contributed by atoms with Gasteiger partial charge in [-0.2, -0.15) is 0 Å². The number of hydrogen-bond donors (Lipinski definition) is 3. The third-order valence-electron chi connectivity index (χ3n) is 4.61. The maximum absolute atomic E-state index is 14.6. The van der Waals surface area contributed by atoms with Gasteiger partial charge in [0, 0.05) is 13.5 Å². The van der Waals surface area contributed by atoms with E-state index in [9.17, 15) is 23.1 Å². The lowest BCUT2D eigenvalue weighted by molar-refractivity contribution is -0.122. The van der Waals surface area contributed by atoms with Crippen LogP contribution in [0.3, 0.4) is 0 Å². The van der Waals surface area contributed by atoms with Crippen LogP contribution in [0.4, 0.5) is 13.2 Å². The van der Waals surface area contributed by atoms with Crippen LogP contribution >= 0.6 is 0 Å². The number of carbonyl (C=O) groups excluding carboxylic acids is 1. The molecule has 0 saturated carbocycles. The van der Waals surface area contributed by atoms with Gasteiger partial charge in [-0.15, -0.1) is 0 Å². The second-order valence-electron chi connectivity index (χ2n) is 6.24. The third-order valence-corrected chi connectivity index (χ3v) is 4.61. The standard InChI is InChI=1S/C17H23F3N2O2/c1-21-12(23)10-17(9-5-8-11-6-3-2-4-7-11)15(18)14(24)13(22-17)16(19)20/h2-4,6-7,13-16,22,24H,5,8-10H2,1H3,(H,21,23)/t13-,14+,15+,17+/m0/s1. The van der Waals surface area contributed by atoms with E-state index in [4.69, 9.17) is 0 Å². The molecular weight excluding hydrogens is 321 g/mol. The molecule has 1 amide bonds. The Morgan fingerprint density at radius 2 is 2.04 bits per heavy atom. The number of aliphatic hydroxyl groups is 1. The fraction of sp³-hybridized carbons (Fsp3) is 0.588. The van der Waals surface area contributed by atoms with Gasteiger partial charge in [-0.1, -0.05) is 30.3 Å². The van der Waals surface area contributed by atoms with E-state index in [1.807, 2.05) is 30.3 Å². The first-order valence-corrected chi connectivity index (χ1v) is 8.02. The zero-order valence-electron chi connectivity index (χ0n) is 13.5. The van der Waals surface area contributed by atoms with Gasteiger partial charge in [0.25, 0.3) is 6.43 Å². The summed E-state index contributed by atoms with van der Waals surface area (Å²) in [5.74, 6) is -0.452. The Bertz CT molecular complexity index is 544. The number of aryl methyl sites for hydroxylation is 1. The Balaban J connectivity index is 2.10. The van der Waals surface area contributed by atoms with E-state index in [1.54, 1.807) is 0 Å². The summed E-state index contributed by atoms with van der Waals surface area (Å²) >= 11 is 0. The van der Waals surface area contributed by atoms with E-state index >= 15 is 0 Å². The Hall–Kier alpha value is -1.60. The molecule has 2 rings (SSSR count). The number of alkyl halides is 3. The van der Waals surface area contributed by atoms with Crippen molar-refractivity contribution in [3.05, 3.63) is 35.9 Å². The topological polar surface area (TPSA) is 61.4 Å². The molecule has 1 saturated heterocycles. The second-order valence-corrected chi connectivity index (χ2v) is 6.24. The summed E-state index contributed by atoms with van der Waals surface area (Å²) in [4.78, 5) is 11.7. The van der Waals surface area contributed by atoms with Gasteiger partial charge in [0.15, 0.2) is 0 Å². The average molecular weight is 344 g/mol. The molecule has 1 aliphatic rings. The molecule has 3 N–H and O–H groups in total. The van der Waals surface area contributed by atoms with Crippen molar-refractivity contribution in [2.24, 2.45) is 0 Å². The fourth-order valence-electron chi connectivity index (χ4n) is 3.29. The van der Waals surface area contributed by atoms with Crippen LogP contribution in [-0.2, 0) is 11.2 Å². The lowest BCUT2D eigenvalue weighted by Crippen LogP contribution is -2.52. The summed E-state index contributed by atoms with van der Waals surface area (Å²) in [7, 11) is 1.41. The Labute approximate surface area is 139 Å². The number of hydrogen-bond acceptors (Lipinski definition) is 3. The van der Waals surface area contributed by atoms with Crippen LogP contribution in [0.1, 0.15) is 24.8 Å². The average Bonchev–Trinajstić information content (AvgIpc) is 2.81. The number of nitrogens with one attached hydrogen (secondary N) is 2. The smallest absolute Gasteiger partial charge is 0.256 e. The summed E-state index contributed by atoms with van der Waals surface area (Å²) in [6, 6.07) is 7.85. The van der Waals surface area contributed by atoms with Crippen molar-refractivity contribution in [2.75, 3.05) is 7.05 Å².